The summed E-state index contributed by atoms with van der Waals surface area (Å²) in [6.07, 6.45) is 0.0842. The van der Waals surface area contributed by atoms with Gasteiger partial charge in [0, 0.05) is 6.54 Å². The van der Waals surface area contributed by atoms with Gasteiger partial charge >= 0.3 is 18.2 Å². The fraction of sp³-hybridized carbons (Fsp3) is 0.429. The van der Waals surface area contributed by atoms with E-state index in [1.165, 1.54) is 0 Å². The third kappa shape index (κ3) is 13.3. The second-order valence-corrected chi connectivity index (χ2v) is 9.55. The summed E-state index contributed by atoms with van der Waals surface area (Å²) in [7, 11) is 0. The SMILES string of the molecule is CC(C)(C)OC(=O)NCC(=O)NC(CCCCNC(=O)OCc1ccccc1)C(=O)OCc1ccccc1. The molecule has 2 rings (SSSR count). The number of ether oxygens (including phenoxy) is 3. The van der Waals surface area contributed by atoms with E-state index in [9.17, 15) is 19.2 Å². The van der Waals surface area contributed by atoms with Crippen LogP contribution in [0.25, 0.3) is 0 Å². The molecule has 2 aromatic rings. The van der Waals surface area contributed by atoms with E-state index in [4.69, 9.17) is 14.2 Å². The van der Waals surface area contributed by atoms with E-state index in [0.29, 0.717) is 19.4 Å². The van der Waals surface area contributed by atoms with Crippen LogP contribution in [0.5, 0.6) is 0 Å². The van der Waals surface area contributed by atoms with Crippen molar-refractivity contribution >= 4 is 24.1 Å². The Bertz CT molecular complexity index is 1020. The van der Waals surface area contributed by atoms with E-state index in [1.807, 2.05) is 60.7 Å². The number of nitrogens with one attached hydrogen (secondary N) is 3. The van der Waals surface area contributed by atoms with Crippen molar-refractivity contribution in [2.75, 3.05) is 13.1 Å². The van der Waals surface area contributed by atoms with Crippen LogP contribution in [0.2, 0.25) is 0 Å². The minimum atomic E-state index is -0.920. The van der Waals surface area contributed by atoms with Crippen LogP contribution < -0.4 is 16.0 Å². The van der Waals surface area contributed by atoms with E-state index in [2.05, 4.69) is 16.0 Å². The Morgan fingerprint density at radius 3 is 1.92 bits per heavy atom. The van der Waals surface area contributed by atoms with E-state index in [0.717, 1.165) is 11.1 Å². The molecule has 1 unspecified atom stereocenters. The third-order valence-corrected chi connectivity index (χ3v) is 5.04. The Hall–Kier alpha value is -4.08. The number of hydrogen-bond donors (Lipinski definition) is 3. The second kappa shape index (κ2) is 15.9. The Morgan fingerprint density at radius 1 is 0.763 bits per heavy atom. The molecule has 0 aliphatic rings. The zero-order valence-corrected chi connectivity index (χ0v) is 22.2. The van der Waals surface area contributed by atoms with Gasteiger partial charge in [-0.15, -0.1) is 0 Å². The third-order valence-electron chi connectivity index (χ3n) is 5.04. The van der Waals surface area contributed by atoms with Gasteiger partial charge in [-0.3, -0.25) is 4.79 Å². The quantitative estimate of drug-likeness (QED) is 0.205. The molecule has 10 nitrogen and oxygen atoms in total. The highest BCUT2D eigenvalue weighted by Crippen LogP contribution is 2.08. The zero-order valence-electron chi connectivity index (χ0n) is 22.2. The van der Waals surface area contributed by atoms with Crippen molar-refractivity contribution in [2.24, 2.45) is 0 Å². The lowest BCUT2D eigenvalue weighted by Gasteiger charge is -2.20. The van der Waals surface area contributed by atoms with Crippen LogP contribution in [0.3, 0.4) is 0 Å². The van der Waals surface area contributed by atoms with Gasteiger partial charge in [0.05, 0.1) is 0 Å². The lowest BCUT2D eigenvalue weighted by molar-refractivity contribution is -0.149. The molecule has 0 radical (unpaired) electrons. The topological polar surface area (TPSA) is 132 Å². The van der Waals surface area contributed by atoms with E-state index >= 15 is 0 Å². The van der Waals surface area contributed by atoms with Gasteiger partial charge in [0.25, 0.3) is 0 Å². The molecule has 3 N–H and O–H groups in total. The maximum absolute atomic E-state index is 12.7. The fourth-order valence-electron chi connectivity index (χ4n) is 3.23. The average Bonchev–Trinajstić information content (AvgIpc) is 2.88. The molecule has 38 heavy (non-hydrogen) atoms. The van der Waals surface area contributed by atoms with Crippen molar-refractivity contribution in [3.63, 3.8) is 0 Å². The van der Waals surface area contributed by atoms with Gasteiger partial charge in [-0.05, 0) is 51.2 Å². The number of rotatable bonds is 13. The van der Waals surface area contributed by atoms with Gasteiger partial charge < -0.3 is 30.2 Å². The average molecular weight is 528 g/mol. The van der Waals surface area contributed by atoms with Gasteiger partial charge in [0.1, 0.15) is 31.4 Å². The highest BCUT2D eigenvalue weighted by atomic mass is 16.6. The summed E-state index contributed by atoms with van der Waals surface area (Å²) in [4.78, 5) is 48.8. The lowest BCUT2D eigenvalue weighted by Crippen LogP contribution is -2.46. The number of benzene rings is 2. The van der Waals surface area contributed by atoms with Crippen molar-refractivity contribution in [3.05, 3.63) is 71.8 Å². The first-order valence-corrected chi connectivity index (χ1v) is 12.5. The molecule has 1 atom stereocenters. The van der Waals surface area contributed by atoms with E-state index < -0.39 is 35.7 Å². The van der Waals surface area contributed by atoms with Crippen molar-refractivity contribution in [3.8, 4) is 0 Å². The molecular formula is C28H37N3O7. The summed E-state index contributed by atoms with van der Waals surface area (Å²) < 4.78 is 15.7. The van der Waals surface area contributed by atoms with Crippen LogP contribution in [0.1, 0.15) is 51.2 Å². The van der Waals surface area contributed by atoms with Crippen LogP contribution in [0.15, 0.2) is 60.7 Å². The van der Waals surface area contributed by atoms with Crippen molar-refractivity contribution in [1.82, 2.24) is 16.0 Å². The molecule has 10 heteroatoms. The van der Waals surface area contributed by atoms with Gasteiger partial charge in [0.15, 0.2) is 0 Å². The molecule has 2 aromatic carbocycles. The first-order valence-electron chi connectivity index (χ1n) is 12.5. The molecule has 0 bridgehead atoms. The fourth-order valence-corrected chi connectivity index (χ4v) is 3.23. The van der Waals surface area contributed by atoms with Gasteiger partial charge in [0.2, 0.25) is 5.91 Å². The number of alkyl carbamates (subject to hydrolysis) is 2. The monoisotopic (exact) mass is 527 g/mol. The molecule has 0 saturated carbocycles. The lowest BCUT2D eigenvalue weighted by atomic mass is 10.1. The van der Waals surface area contributed by atoms with Crippen LogP contribution in [0.4, 0.5) is 9.59 Å². The number of carbonyl (C=O) groups excluding carboxylic acids is 4. The molecule has 206 valence electrons. The number of esters is 1. The number of amides is 3. The Balaban J connectivity index is 1.78. The molecule has 3 amide bonds. The van der Waals surface area contributed by atoms with Crippen LogP contribution in [-0.2, 0) is 37.0 Å². The van der Waals surface area contributed by atoms with Crippen LogP contribution in [0, 0.1) is 0 Å². The minimum absolute atomic E-state index is 0.0665. The highest BCUT2D eigenvalue weighted by molar-refractivity contribution is 5.87. The van der Waals surface area contributed by atoms with Gasteiger partial charge in [-0.1, -0.05) is 60.7 Å². The van der Waals surface area contributed by atoms with Gasteiger partial charge in [-0.2, -0.15) is 0 Å². The van der Waals surface area contributed by atoms with E-state index in [-0.39, 0.29) is 26.2 Å². The summed E-state index contributed by atoms with van der Waals surface area (Å²) in [6.45, 7) is 5.36. The van der Waals surface area contributed by atoms with Gasteiger partial charge in [-0.25, -0.2) is 14.4 Å². The van der Waals surface area contributed by atoms with Crippen molar-refractivity contribution < 1.29 is 33.4 Å². The summed E-state index contributed by atoms with van der Waals surface area (Å²) in [5.74, 6) is -1.14. The van der Waals surface area contributed by atoms with E-state index in [1.54, 1.807) is 20.8 Å². The molecule has 0 aliphatic carbocycles. The molecule has 0 heterocycles. The number of carbonyl (C=O) groups is 4. The Labute approximate surface area is 223 Å². The molecule has 0 aliphatic heterocycles. The predicted octanol–water partition coefficient (Wildman–Crippen LogP) is 3.84. The Morgan fingerprint density at radius 2 is 1.34 bits per heavy atom. The smallest absolute Gasteiger partial charge is 0.408 e. The zero-order chi connectivity index (χ0) is 27.8. The van der Waals surface area contributed by atoms with Crippen molar-refractivity contribution in [2.45, 2.75) is 64.9 Å². The molecule has 0 saturated heterocycles. The number of unbranched alkanes of at least 4 members (excludes halogenated alkanes) is 1. The molecular weight excluding hydrogens is 490 g/mol. The first-order chi connectivity index (χ1) is 18.1. The Kier molecular flexibility index (Phi) is 12.6. The summed E-state index contributed by atoms with van der Waals surface area (Å²) >= 11 is 0. The summed E-state index contributed by atoms with van der Waals surface area (Å²) in [5, 5.41) is 7.65. The standard InChI is InChI=1S/C28H37N3O7/c1-28(2,3)38-27(35)30-18-24(32)31-23(25(33)36-19-21-12-6-4-7-13-21)16-10-11-17-29-26(34)37-20-22-14-8-5-9-15-22/h4-9,12-15,23H,10-11,16-20H2,1-3H3,(H,29,34)(H,30,35)(H,31,32). The first kappa shape index (κ1) is 30.1. The van der Waals surface area contributed by atoms with Crippen LogP contribution >= 0.6 is 0 Å². The predicted molar refractivity (Wildman–Crippen MR) is 141 cm³/mol. The maximum Gasteiger partial charge on any atom is 0.408 e. The summed E-state index contributed by atoms with van der Waals surface area (Å²) in [6, 6.07) is 17.6. The second-order valence-electron chi connectivity index (χ2n) is 9.55. The van der Waals surface area contributed by atoms with Crippen molar-refractivity contribution in [1.29, 1.82) is 0 Å². The highest BCUT2D eigenvalue weighted by Gasteiger charge is 2.23. The maximum atomic E-state index is 12.7. The minimum Gasteiger partial charge on any atom is -0.459 e. The number of hydrogen-bond acceptors (Lipinski definition) is 7. The normalized spacial score (nSPS) is 11.6. The molecule has 0 spiro atoms. The summed E-state index contributed by atoms with van der Waals surface area (Å²) in [5.41, 5.74) is 0.999. The molecule has 0 aromatic heterocycles. The van der Waals surface area contributed by atoms with Crippen LogP contribution in [-0.4, -0.2) is 48.8 Å². The molecule has 0 fully saturated rings. The largest absolute Gasteiger partial charge is 0.459 e.